The molecule has 0 saturated carbocycles. The first-order valence-corrected chi connectivity index (χ1v) is 13.9. The van der Waals surface area contributed by atoms with E-state index in [1.54, 1.807) is 23.5 Å². The van der Waals surface area contributed by atoms with Crippen LogP contribution in [-0.4, -0.2) is 43.0 Å². The fourth-order valence-electron chi connectivity index (χ4n) is 3.37. The van der Waals surface area contributed by atoms with Crippen LogP contribution in [0.3, 0.4) is 0 Å². The number of rotatable bonds is 6. The lowest BCUT2D eigenvalue weighted by atomic mass is 10.0. The molecule has 29 heavy (non-hydrogen) atoms. The van der Waals surface area contributed by atoms with Crippen LogP contribution in [0.2, 0.25) is 0 Å². The van der Waals surface area contributed by atoms with Crippen molar-refractivity contribution < 1.29 is 9.47 Å². The van der Waals surface area contributed by atoms with Gasteiger partial charge in [-0.15, -0.1) is 0 Å². The van der Waals surface area contributed by atoms with Crippen molar-refractivity contribution >= 4 is 68.5 Å². The van der Waals surface area contributed by atoms with Gasteiger partial charge in [0.05, 0.1) is 0 Å². The second-order valence-electron chi connectivity index (χ2n) is 6.99. The van der Waals surface area contributed by atoms with Gasteiger partial charge in [-0.25, -0.2) is 0 Å². The molecule has 0 aliphatic carbocycles. The van der Waals surface area contributed by atoms with Gasteiger partial charge in [-0.1, -0.05) is 60.0 Å². The lowest BCUT2D eigenvalue weighted by Crippen LogP contribution is -2.22. The number of thiocarbonyl (C=S) groups is 2. The normalized spacial score (nSPS) is 27.8. The summed E-state index contributed by atoms with van der Waals surface area (Å²) in [5, 5.41) is 2.27. The van der Waals surface area contributed by atoms with Gasteiger partial charge in [-0.2, -0.15) is 11.8 Å². The second-order valence-corrected chi connectivity index (χ2v) is 12.2. The van der Waals surface area contributed by atoms with Gasteiger partial charge in [-0.05, 0) is 76.8 Å². The summed E-state index contributed by atoms with van der Waals surface area (Å²) in [6, 6.07) is 0. The molecule has 0 aromatic rings. The van der Waals surface area contributed by atoms with E-state index in [1.807, 2.05) is 38.2 Å². The highest BCUT2D eigenvalue weighted by Gasteiger charge is 2.37. The van der Waals surface area contributed by atoms with E-state index >= 15 is 0 Å². The van der Waals surface area contributed by atoms with Gasteiger partial charge >= 0.3 is 0 Å². The summed E-state index contributed by atoms with van der Waals surface area (Å²) in [7, 11) is 0. The molecular weight excluding hydrogens is 457 g/mol. The topological polar surface area (TPSA) is 18.5 Å². The standard InChI is InChI=1S/C22H32O2S5/c1-3-5-15-23-21(25)28-17-11-9-7-8-10-12-18(20-14-13-19(17)27-20)29-22(26)24-16-6-4-2/h3-8,17-20H,9-16H2,1-2H3. The summed E-state index contributed by atoms with van der Waals surface area (Å²) in [6.07, 6.45) is 19.7. The minimum absolute atomic E-state index is 0.509. The third kappa shape index (κ3) is 9.81. The Morgan fingerprint density at radius 2 is 1.31 bits per heavy atom. The highest BCUT2D eigenvalue weighted by molar-refractivity contribution is 8.24. The van der Waals surface area contributed by atoms with Crippen LogP contribution in [-0.2, 0) is 9.47 Å². The summed E-state index contributed by atoms with van der Waals surface area (Å²) in [5.41, 5.74) is 0. The zero-order valence-electron chi connectivity index (χ0n) is 17.3. The van der Waals surface area contributed by atoms with Crippen LogP contribution in [0.1, 0.15) is 52.4 Å². The number of thioether (sulfide) groups is 3. The van der Waals surface area contributed by atoms with E-state index < -0.39 is 0 Å². The number of fused-ring (bicyclic) bond motifs is 2. The summed E-state index contributed by atoms with van der Waals surface area (Å²) < 4.78 is 12.8. The van der Waals surface area contributed by atoms with Gasteiger partial charge < -0.3 is 9.47 Å². The van der Waals surface area contributed by atoms with Gasteiger partial charge in [0, 0.05) is 21.0 Å². The van der Waals surface area contributed by atoms with E-state index in [-0.39, 0.29) is 0 Å². The maximum Gasteiger partial charge on any atom is 0.220 e. The van der Waals surface area contributed by atoms with Crippen molar-refractivity contribution in [1.82, 2.24) is 0 Å². The molecule has 0 spiro atoms. The summed E-state index contributed by atoms with van der Waals surface area (Å²) in [4.78, 5) is 0. The van der Waals surface area contributed by atoms with Gasteiger partial charge in [-0.3, -0.25) is 0 Å². The van der Waals surface area contributed by atoms with Crippen molar-refractivity contribution in [3.8, 4) is 0 Å². The van der Waals surface area contributed by atoms with Crippen LogP contribution in [0.5, 0.6) is 0 Å². The fraction of sp³-hybridized carbons (Fsp3) is 0.636. The lowest BCUT2D eigenvalue weighted by Gasteiger charge is -2.25. The van der Waals surface area contributed by atoms with Crippen molar-refractivity contribution in [3.05, 3.63) is 36.5 Å². The zero-order chi connectivity index (χ0) is 20.9. The number of ether oxygens (including phenoxy) is 2. The molecule has 2 bridgehead atoms. The van der Waals surface area contributed by atoms with Crippen molar-refractivity contribution in [3.63, 3.8) is 0 Å². The molecule has 4 atom stereocenters. The molecule has 0 amide bonds. The molecular formula is C22H32O2S5. The van der Waals surface area contributed by atoms with Crippen LogP contribution < -0.4 is 0 Å². The Kier molecular flexibility index (Phi) is 13.1. The maximum absolute atomic E-state index is 5.70. The Hall–Kier alpha value is 0.0500. The van der Waals surface area contributed by atoms with Gasteiger partial charge in [0.2, 0.25) is 8.77 Å². The molecule has 0 aromatic heterocycles. The summed E-state index contributed by atoms with van der Waals surface area (Å²) in [5.74, 6) is 0. The first kappa shape index (κ1) is 25.3. The first-order chi connectivity index (χ1) is 14.1. The average Bonchev–Trinajstić information content (AvgIpc) is 3.17. The Morgan fingerprint density at radius 3 is 1.72 bits per heavy atom. The molecule has 1 saturated heterocycles. The van der Waals surface area contributed by atoms with Crippen molar-refractivity contribution in [2.45, 2.75) is 73.4 Å². The van der Waals surface area contributed by atoms with Gasteiger partial charge in [0.15, 0.2) is 0 Å². The molecule has 4 unspecified atom stereocenters. The number of hydrogen-bond donors (Lipinski definition) is 0. The third-order valence-electron chi connectivity index (χ3n) is 4.88. The molecule has 2 aliphatic rings. The van der Waals surface area contributed by atoms with Crippen molar-refractivity contribution in [1.29, 1.82) is 0 Å². The molecule has 0 radical (unpaired) electrons. The largest absolute Gasteiger partial charge is 0.474 e. The molecule has 1 fully saturated rings. The zero-order valence-corrected chi connectivity index (χ0v) is 21.4. The van der Waals surface area contributed by atoms with E-state index in [4.69, 9.17) is 33.9 Å². The SMILES string of the molecule is CC=CCOC(=S)SC1CCC=CCCC(SC(=S)OCC=CC)C2CCC1S2. The molecule has 2 aliphatic heterocycles. The van der Waals surface area contributed by atoms with E-state index in [2.05, 4.69) is 23.9 Å². The van der Waals surface area contributed by atoms with E-state index in [0.717, 1.165) is 25.7 Å². The van der Waals surface area contributed by atoms with Crippen molar-refractivity contribution in [2.75, 3.05) is 13.2 Å². The molecule has 2 heterocycles. The van der Waals surface area contributed by atoms with E-state index in [0.29, 0.717) is 43.0 Å². The second kappa shape index (κ2) is 15.0. The summed E-state index contributed by atoms with van der Waals surface area (Å²) in [6.45, 7) is 5.13. The Balaban J connectivity index is 1.96. The highest BCUT2D eigenvalue weighted by atomic mass is 32.2. The van der Waals surface area contributed by atoms with E-state index in [9.17, 15) is 0 Å². The number of allylic oxidation sites excluding steroid dienone is 4. The fourth-order valence-corrected chi connectivity index (χ4v) is 8.44. The first-order valence-electron chi connectivity index (χ1n) is 10.3. The quantitative estimate of drug-likeness (QED) is 0.284. The third-order valence-corrected chi connectivity index (χ3v) is 10.2. The molecule has 7 heteroatoms. The molecule has 0 N–H and O–H groups in total. The van der Waals surface area contributed by atoms with Crippen LogP contribution in [0.4, 0.5) is 0 Å². The Bertz CT molecular complexity index is 552. The van der Waals surface area contributed by atoms with Crippen molar-refractivity contribution in [2.24, 2.45) is 0 Å². The van der Waals surface area contributed by atoms with Gasteiger partial charge in [0.25, 0.3) is 0 Å². The van der Waals surface area contributed by atoms with Crippen LogP contribution in [0.15, 0.2) is 36.5 Å². The predicted octanol–water partition coefficient (Wildman–Crippen LogP) is 7.34. The van der Waals surface area contributed by atoms with Crippen LogP contribution >= 0.6 is 59.7 Å². The predicted molar refractivity (Wildman–Crippen MR) is 141 cm³/mol. The summed E-state index contributed by atoms with van der Waals surface area (Å²) >= 11 is 16.7. The molecule has 2 nitrogen and oxygen atoms in total. The van der Waals surface area contributed by atoms with Crippen LogP contribution in [0.25, 0.3) is 0 Å². The minimum atomic E-state index is 0.509. The highest BCUT2D eigenvalue weighted by Crippen LogP contribution is 2.46. The van der Waals surface area contributed by atoms with Gasteiger partial charge in [0.1, 0.15) is 13.2 Å². The number of hydrogen-bond acceptors (Lipinski definition) is 7. The molecule has 162 valence electrons. The average molecular weight is 489 g/mol. The monoisotopic (exact) mass is 488 g/mol. The smallest absolute Gasteiger partial charge is 0.220 e. The maximum atomic E-state index is 5.70. The van der Waals surface area contributed by atoms with E-state index in [1.165, 1.54) is 12.8 Å². The molecule has 0 aromatic carbocycles. The minimum Gasteiger partial charge on any atom is -0.474 e. The lowest BCUT2D eigenvalue weighted by molar-refractivity contribution is 0.370. The van der Waals surface area contributed by atoms with Crippen LogP contribution in [0, 0.1) is 0 Å². The molecule has 2 rings (SSSR count). The Labute approximate surface area is 200 Å². The Morgan fingerprint density at radius 1 is 0.862 bits per heavy atom.